The molecule has 0 N–H and O–H groups in total. The van der Waals surface area contributed by atoms with Gasteiger partial charge in [-0.1, -0.05) is 103 Å². The smallest absolute Gasteiger partial charge is 0.164 e. The number of thioether (sulfide) groups is 1. The first-order valence-electron chi connectivity index (χ1n) is 17.5. The van der Waals surface area contributed by atoms with E-state index in [1.54, 1.807) is 0 Å². The molecule has 0 bridgehead atoms. The molecule has 2 unspecified atom stereocenters. The Balaban J connectivity index is 1.14. The number of benzene rings is 6. The van der Waals surface area contributed by atoms with Gasteiger partial charge in [-0.3, -0.25) is 0 Å². The third-order valence-corrected chi connectivity index (χ3v) is 11.9. The minimum atomic E-state index is 0.0183. The molecule has 0 spiro atoms. The number of para-hydroxylation sites is 2. The molecule has 246 valence electrons. The second kappa shape index (κ2) is 11.1. The Kier molecular flexibility index (Phi) is 6.31. The van der Waals surface area contributed by atoms with E-state index in [0.717, 1.165) is 71.7 Å². The molecule has 1 aliphatic heterocycles. The number of hydrogen-bond donors (Lipinski definition) is 0. The van der Waals surface area contributed by atoms with Crippen molar-refractivity contribution in [1.82, 2.24) is 15.0 Å². The van der Waals surface area contributed by atoms with E-state index >= 15 is 0 Å². The Labute approximate surface area is 303 Å². The van der Waals surface area contributed by atoms with Crippen LogP contribution in [-0.2, 0) is 0 Å². The fraction of sp³-hybridized carbons (Fsp3) is 0.0652. The molecular weight excluding hydrogens is 659 g/mol. The van der Waals surface area contributed by atoms with E-state index in [1.165, 1.54) is 10.5 Å². The summed E-state index contributed by atoms with van der Waals surface area (Å²) in [5, 5.41) is 4.09. The molecule has 11 rings (SSSR count). The van der Waals surface area contributed by atoms with Crippen LogP contribution in [0.1, 0.15) is 18.4 Å². The number of fused-ring (bicyclic) bond motifs is 9. The van der Waals surface area contributed by atoms with Gasteiger partial charge in [-0.15, -0.1) is 11.8 Å². The molecule has 4 heterocycles. The predicted molar refractivity (Wildman–Crippen MR) is 211 cm³/mol. The summed E-state index contributed by atoms with van der Waals surface area (Å²) in [5.41, 5.74) is 9.55. The lowest BCUT2D eigenvalue weighted by molar-refractivity contribution is 0.668. The van der Waals surface area contributed by atoms with Gasteiger partial charge in [0.25, 0.3) is 0 Å². The zero-order valence-electron chi connectivity index (χ0n) is 28.1. The summed E-state index contributed by atoms with van der Waals surface area (Å²) in [4.78, 5) is 16.8. The molecule has 3 aromatic heterocycles. The zero-order valence-corrected chi connectivity index (χ0v) is 28.9. The molecule has 2 atom stereocenters. The first kappa shape index (κ1) is 29.5. The molecule has 0 fully saturated rings. The first-order valence-corrected chi connectivity index (χ1v) is 18.3. The molecule has 6 aromatic carbocycles. The van der Waals surface area contributed by atoms with Crippen molar-refractivity contribution in [1.29, 1.82) is 0 Å². The Morgan fingerprint density at radius 3 is 2.10 bits per heavy atom. The molecule has 0 saturated carbocycles. The van der Waals surface area contributed by atoms with Gasteiger partial charge >= 0.3 is 0 Å². The summed E-state index contributed by atoms with van der Waals surface area (Å²) >= 11 is 1.94. The van der Waals surface area contributed by atoms with Crippen molar-refractivity contribution >= 4 is 55.6 Å². The van der Waals surface area contributed by atoms with Crippen LogP contribution < -0.4 is 0 Å². The van der Waals surface area contributed by atoms with Gasteiger partial charge in [0.1, 0.15) is 22.3 Å². The monoisotopic (exact) mass is 687 g/mol. The van der Waals surface area contributed by atoms with Gasteiger partial charge < -0.3 is 8.83 Å². The van der Waals surface area contributed by atoms with Crippen molar-refractivity contribution in [3.8, 4) is 45.3 Å². The Morgan fingerprint density at radius 1 is 0.538 bits per heavy atom. The molecule has 9 aromatic rings. The van der Waals surface area contributed by atoms with Gasteiger partial charge in [-0.05, 0) is 72.1 Å². The van der Waals surface area contributed by atoms with E-state index in [9.17, 15) is 0 Å². The lowest BCUT2D eigenvalue weighted by Crippen LogP contribution is -2.22. The largest absolute Gasteiger partial charge is 0.456 e. The van der Waals surface area contributed by atoms with Crippen LogP contribution in [0.4, 0.5) is 0 Å². The molecule has 2 aliphatic rings. The number of aromatic nitrogens is 3. The van der Waals surface area contributed by atoms with E-state index in [1.807, 2.05) is 90.6 Å². The van der Waals surface area contributed by atoms with E-state index in [2.05, 4.69) is 79.8 Å². The maximum Gasteiger partial charge on any atom is 0.164 e. The Bertz CT molecular complexity index is 2980. The van der Waals surface area contributed by atoms with Crippen LogP contribution in [0, 0.1) is 0 Å². The van der Waals surface area contributed by atoms with Crippen LogP contribution in [-0.4, -0.2) is 19.7 Å². The third kappa shape index (κ3) is 4.54. The number of furan rings is 2. The zero-order chi connectivity index (χ0) is 34.4. The molecule has 52 heavy (non-hydrogen) atoms. The van der Waals surface area contributed by atoms with Crippen molar-refractivity contribution in [3.63, 3.8) is 0 Å². The second-order valence-electron chi connectivity index (χ2n) is 13.7. The van der Waals surface area contributed by atoms with Gasteiger partial charge in [0.15, 0.2) is 17.5 Å². The molecule has 0 amide bonds. The minimum Gasteiger partial charge on any atom is -0.456 e. The van der Waals surface area contributed by atoms with Crippen LogP contribution in [0.15, 0.2) is 165 Å². The highest BCUT2D eigenvalue weighted by Gasteiger charge is 2.41. The lowest BCUT2D eigenvalue weighted by Gasteiger charge is -2.27. The van der Waals surface area contributed by atoms with Crippen molar-refractivity contribution in [2.75, 3.05) is 0 Å². The maximum atomic E-state index is 6.57. The van der Waals surface area contributed by atoms with Crippen molar-refractivity contribution in [3.05, 3.63) is 157 Å². The number of allylic oxidation sites excluding steroid dienone is 3. The van der Waals surface area contributed by atoms with Crippen LogP contribution >= 0.6 is 11.8 Å². The number of hydrogen-bond acceptors (Lipinski definition) is 6. The highest BCUT2D eigenvalue weighted by atomic mass is 32.2. The fourth-order valence-electron chi connectivity index (χ4n) is 7.93. The van der Waals surface area contributed by atoms with Gasteiger partial charge in [0.05, 0.1) is 0 Å². The van der Waals surface area contributed by atoms with Crippen molar-refractivity contribution in [2.45, 2.75) is 22.5 Å². The summed E-state index contributed by atoms with van der Waals surface area (Å²) in [6.45, 7) is 2.33. The molecule has 6 heteroatoms. The summed E-state index contributed by atoms with van der Waals surface area (Å²) in [7, 11) is 0. The van der Waals surface area contributed by atoms with E-state index in [4.69, 9.17) is 23.8 Å². The average Bonchev–Trinajstić information content (AvgIpc) is 3.85. The molecular formula is C46H29N3O2S. The first-order chi connectivity index (χ1) is 25.6. The highest BCUT2D eigenvalue weighted by molar-refractivity contribution is 8.01. The number of rotatable bonds is 4. The molecule has 1 aliphatic carbocycles. The second-order valence-corrected chi connectivity index (χ2v) is 15.3. The highest BCUT2D eigenvalue weighted by Crippen LogP contribution is 2.56. The number of nitrogens with zero attached hydrogens (tertiary/aromatic N) is 3. The normalized spacial score (nSPS) is 17.8. The average molecular weight is 688 g/mol. The van der Waals surface area contributed by atoms with Crippen LogP contribution in [0.5, 0.6) is 0 Å². The summed E-state index contributed by atoms with van der Waals surface area (Å²) in [5.74, 6) is 2.14. The maximum absolute atomic E-state index is 6.57. The summed E-state index contributed by atoms with van der Waals surface area (Å²) in [6, 6.07) is 43.8. The molecule has 0 saturated heterocycles. The predicted octanol–water partition coefficient (Wildman–Crippen LogP) is 12.4. The van der Waals surface area contributed by atoms with Gasteiger partial charge in [0.2, 0.25) is 0 Å². The van der Waals surface area contributed by atoms with Crippen molar-refractivity contribution < 1.29 is 8.83 Å². The SMILES string of the molecule is CC12C=CC=CC1c1ccc(-c3cc(-c4nc(-c5ccccc5)nc(-c5ccc6oc7ccccc7c6c5)n4)c4c(c3)oc3ccccc34)cc1S2. The Hall–Kier alpha value is -6.24. The van der Waals surface area contributed by atoms with Crippen LogP contribution in [0.25, 0.3) is 89.2 Å². The summed E-state index contributed by atoms with van der Waals surface area (Å²) in [6.07, 6.45) is 8.99. The third-order valence-electron chi connectivity index (χ3n) is 10.5. The van der Waals surface area contributed by atoms with Gasteiger partial charge in [-0.2, -0.15) is 0 Å². The van der Waals surface area contributed by atoms with Gasteiger partial charge in [-0.25, -0.2) is 15.0 Å². The van der Waals surface area contributed by atoms with Crippen LogP contribution in [0.2, 0.25) is 0 Å². The van der Waals surface area contributed by atoms with Crippen LogP contribution in [0.3, 0.4) is 0 Å². The van der Waals surface area contributed by atoms with E-state index < -0.39 is 0 Å². The van der Waals surface area contributed by atoms with E-state index in [-0.39, 0.29) is 4.75 Å². The Morgan fingerprint density at radius 2 is 1.23 bits per heavy atom. The topological polar surface area (TPSA) is 65.0 Å². The lowest BCUT2D eigenvalue weighted by atomic mass is 9.83. The van der Waals surface area contributed by atoms with Gasteiger partial charge in [0, 0.05) is 53.8 Å². The van der Waals surface area contributed by atoms with E-state index in [0.29, 0.717) is 23.4 Å². The molecule has 5 nitrogen and oxygen atoms in total. The fourth-order valence-corrected chi connectivity index (χ4v) is 9.38. The minimum absolute atomic E-state index is 0.0183. The standard InChI is InChI=1S/C46H29N3O2S/c1-46-22-10-9-15-36(46)32-20-18-28(26-41(32)52-46)30-24-35(42-33-14-6-8-17-38(33)51-40(42)25-30)45-48-43(27-11-3-2-4-12-27)47-44(49-45)29-19-21-39-34(23-29)31-13-5-7-16-37(31)50-39/h2-26,36H,1H3. The summed E-state index contributed by atoms with van der Waals surface area (Å²) < 4.78 is 12.7. The molecule has 0 radical (unpaired) electrons. The quantitative estimate of drug-likeness (QED) is 0.183. The van der Waals surface area contributed by atoms with Crippen molar-refractivity contribution in [2.24, 2.45) is 0 Å².